The molecule has 1 aromatic rings. The van der Waals surface area contributed by atoms with Gasteiger partial charge in [0.25, 0.3) is 0 Å². The number of nitrogens with one attached hydrogen (secondary N) is 1. The van der Waals surface area contributed by atoms with Crippen molar-refractivity contribution in [3.63, 3.8) is 0 Å². The van der Waals surface area contributed by atoms with E-state index in [9.17, 15) is 4.79 Å². The van der Waals surface area contributed by atoms with Gasteiger partial charge in [-0.15, -0.1) is 0 Å². The van der Waals surface area contributed by atoms with E-state index in [-0.39, 0.29) is 11.9 Å². The van der Waals surface area contributed by atoms with E-state index in [0.717, 1.165) is 37.2 Å². The van der Waals surface area contributed by atoms with Crippen LogP contribution in [0.3, 0.4) is 0 Å². The topological polar surface area (TPSA) is 58.4 Å². The molecule has 1 fully saturated rings. The summed E-state index contributed by atoms with van der Waals surface area (Å²) in [5, 5.41) is 3.26. The number of carbonyl (C=O) groups excluding carboxylic acids is 1. The van der Waals surface area contributed by atoms with Crippen molar-refractivity contribution in [3.8, 4) is 0 Å². The Balaban J connectivity index is 2.03. The minimum atomic E-state index is -0.205. The Hall–Kier alpha value is -1.71. The van der Waals surface area contributed by atoms with Gasteiger partial charge in [-0.3, -0.25) is 4.79 Å². The summed E-state index contributed by atoms with van der Waals surface area (Å²) in [5.41, 5.74) is 8.52. The van der Waals surface area contributed by atoms with E-state index in [1.807, 2.05) is 36.9 Å². The Bertz CT molecular complexity index is 439. The molecule has 1 aromatic carbocycles. The summed E-state index contributed by atoms with van der Waals surface area (Å²) in [4.78, 5) is 14.1. The lowest BCUT2D eigenvalue weighted by molar-refractivity contribution is -0.130. The van der Waals surface area contributed by atoms with Crippen LogP contribution in [0.4, 0.5) is 11.4 Å². The second kappa shape index (κ2) is 5.29. The molecule has 0 bridgehead atoms. The van der Waals surface area contributed by atoms with E-state index >= 15 is 0 Å². The van der Waals surface area contributed by atoms with Gasteiger partial charge >= 0.3 is 0 Å². The maximum absolute atomic E-state index is 12.2. The van der Waals surface area contributed by atoms with Crippen molar-refractivity contribution in [2.45, 2.75) is 32.7 Å². The molecule has 0 aliphatic carbocycles. The van der Waals surface area contributed by atoms with Crippen LogP contribution >= 0.6 is 0 Å². The van der Waals surface area contributed by atoms with Crippen molar-refractivity contribution >= 4 is 17.3 Å². The van der Waals surface area contributed by atoms with Gasteiger partial charge < -0.3 is 16.0 Å². The van der Waals surface area contributed by atoms with Gasteiger partial charge in [0.05, 0.1) is 0 Å². The first kappa shape index (κ1) is 12.7. The Morgan fingerprint density at radius 1 is 1.39 bits per heavy atom. The van der Waals surface area contributed by atoms with E-state index in [1.165, 1.54) is 0 Å². The molecule has 4 nitrogen and oxygen atoms in total. The summed E-state index contributed by atoms with van der Waals surface area (Å²) in [5.74, 6) is 0.175. The number of carbonyl (C=O) groups is 1. The number of likely N-dealkylation sites (tertiary alicyclic amines) is 1. The van der Waals surface area contributed by atoms with E-state index in [2.05, 4.69) is 5.32 Å². The second-order valence-electron chi connectivity index (χ2n) is 4.97. The summed E-state index contributed by atoms with van der Waals surface area (Å²) < 4.78 is 0. The van der Waals surface area contributed by atoms with Crippen molar-refractivity contribution in [2.24, 2.45) is 0 Å². The van der Waals surface area contributed by atoms with Gasteiger partial charge in [0, 0.05) is 24.5 Å². The molecule has 0 radical (unpaired) electrons. The number of anilines is 2. The second-order valence-corrected chi connectivity index (χ2v) is 4.97. The number of aryl methyl sites for hydroxylation is 1. The molecular weight excluding hydrogens is 226 g/mol. The molecule has 18 heavy (non-hydrogen) atoms. The summed E-state index contributed by atoms with van der Waals surface area (Å²) in [6, 6.07) is 5.50. The minimum absolute atomic E-state index is 0.175. The van der Waals surface area contributed by atoms with Gasteiger partial charge in [0.15, 0.2) is 0 Å². The molecular formula is C14H21N3O. The zero-order valence-corrected chi connectivity index (χ0v) is 11.1. The predicted octanol–water partition coefficient (Wildman–Crippen LogP) is 2.00. The molecule has 1 amide bonds. The van der Waals surface area contributed by atoms with Crippen LogP contribution < -0.4 is 11.1 Å². The molecule has 1 unspecified atom stereocenters. The smallest absolute Gasteiger partial charge is 0.244 e. The fourth-order valence-corrected chi connectivity index (χ4v) is 2.30. The van der Waals surface area contributed by atoms with Gasteiger partial charge in [-0.05, 0) is 44.4 Å². The van der Waals surface area contributed by atoms with E-state index in [0.29, 0.717) is 5.69 Å². The molecule has 4 heteroatoms. The molecule has 1 aliphatic heterocycles. The van der Waals surface area contributed by atoms with Crippen LogP contribution in [0, 0.1) is 6.92 Å². The highest BCUT2D eigenvalue weighted by Gasteiger charge is 2.23. The highest BCUT2D eigenvalue weighted by molar-refractivity contribution is 5.85. The van der Waals surface area contributed by atoms with Crippen LogP contribution in [0.2, 0.25) is 0 Å². The van der Waals surface area contributed by atoms with Crippen LogP contribution in [0.1, 0.15) is 25.3 Å². The van der Waals surface area contributed by atoms with Crippen molar-refractivity contribution in [2.75, 3.05) is 24.1 Å². The summed E-state index contributed by atoms with van der Waals surface area (Å²) in [6.07, 6.45) is 2.24. The molecule has 0 spiro atoms. The van der Waals surface area contributed by atoms with E-state index in [4.69, 9.17) is 5.73 Å². The van der Waals surface area contributed by atoms with Gasteiger partial charge in [0.1, 0.15) is 6.04 Å². The van der Waals surface area contributed by atoms with Crippen LogP contribution in [0.5, 0.6) is 0 Å². The lowest BCUT2D eigenvalue weighted by Gasteiger charge is -2.22. The molecule has 0 saturated carbocycles. The Morgan fingerprint density at radius 2 is 2.06 bits per heavy atom. The van der Waals surface area contributed by atoms with Gasteiger partial charge in [-0.25, -0.2) is 0 Å². The molecule has 1 saturated heterocycles. The number of rotatable bonds is 3. The summed E-state index contributed by atoms with van der Waals surface area (Å²) in [6.45, 7) is 5.69. The monoisotopic (exact) mass is 247 g/mol. The van der Waals surface area contributed by atoms with Crippen molar-refractivity contribution in [1.82, 2.24) is 4.90 Å². The number of amides is 1. The minimum Gasteiger partial charge on any atom is -0.399 e. The Kier molecular flexibility index (Phi) is 3.75. The first-order chi connectivity index (χ1) is 8.58. The predicted molar refractivity (Wildman–Crippen MR) is 74.5 cm³/mol. The Morgan fingerprint density at radius 3 is 2.72 bits per heavy atom. The van der Waals surface area contributed by atoms with Crippen molar-refractivity contribution < 1.29 is 4.79 Å². The first-order valence-electron chi connectivity index (χ1n) is 6.49. The lowest BCUT2D eigenvalue weighted by Crippen LogP contribution is -2.39. The maximum atomic E-state index is 12.2. The van der Waals surface area contributed by atoms with Crippen molar-refractivity contribution in [3.05, 3.63) is 23.8 Å². The van der Waals surface area contributed by atoms with Crippen LogP contribution in [0.15, 0.2) is 18.2 Å². The van der Waals surface area contributed by atoms with Crippen molar-refractivity contribution in [1.29, 1.82) is 0 Å². The quantitative estimate of drug-likeness (QED) is 0.803. The molecule has 3 N–H and O–H groups in total. The average molecular weight is 247 g/mol. The van der Waals surface area contributed by atoms with Crippen LogP contribution in [0.25, 0.3) is 0 Å². The molecule has 98 valence electrons. The largest absolute Gasteiger partial charge is 0.399 e. The normalized spacial score (nSPS) is 16.7. The summed E-state index contributed by atoms with van der Waals surface area (Å²) in [7, 11) is 0. The molecule has 1 aliphatic rings. The van der Waals surface area contributed by atoms with Gasteiger partial charge in [0.2, 0.25) is 5.91 Å². The number of nitrogens with two attached hydrogens (primary N) is 1. The first-order valence-corrected chi connectivity index (χ1v) is 6.49. The zero-order chi connectivity index (χ0) is 13.1. The molecule has 0 aromatic heterocycles. The molecule has 1 heterocycles. The lowest BCUT2D eigenvalue weighted by atomic mass is 10.1. The third kappa shape index (κ3) is 2.75. The Labute approximate surface area is 108 Å². The number of benzene rings is 1. The highest BCUT2D eigenvalue weighted by atomic mass is 16.2. The maximum Gasteiger partial charge on any atom is 0.244 e. The fourth-order valence-electron chi connectivity index (χ4n) is 2.30. The SMILES string of the molecule is Cc1ccc(N)cc1NC(C)C(=O)N1CCCC1. The van der Waals surface area contributed by atoms with E-state index in [1.54, 1.807) is 0 Å². The zero-order valence-electron chi connectivity index (χ0n) is 11.1. The van der Waals surface area contributed by atoms with Crippen LogP contribution in [-0.2, 0) is 4.79 Å². The highest BCUT2D eigenvalue weighted by Crippen LogP contribution is 2.20. The molecule has 2 rings (SSSR count). The fraction of sp³-hybridized carbons (Fsp3) is 0.500. The average Bonchev–Trinajstić information content (AvgIpc) is 2.86. The number of hydrogen-bond acceptors (Lipinski definition) is 3. The number of nitrogen functional groups attached to an aromatic ring is 1. The third-order valence-corrected chi connectivity index (χ3v) is 3.42. The number of nitrogens with zero attached hydrogens (tertiary/aromatic N) is 1. The van der Waals surface area contributed by atoms with E-state index < -0.39 is 0 Å². The summed E-state index contributed by atoms with van der Waals surface area (Å²) >= 11 is 0. The van der Waals surface area contributed by atoms with Gasteiger partial charge in [-0.1, -0.05) is 6.07 Å². The van der Waals surface area contributed by atoms with Crippen LogP contribution in [-0.4, -0.2) is 29.9 Å². The molecule has 1 atom stereocenters. The third-order valence-electron chi connectivity index (χ3n) is 3.42. The standard InChI is InChI=1S/C14H21N3O/c1-10-5-6-12(15)9-13(10)16-11(2)14(18)17-7-3-4-8-17/h5-6,9,11,16H,3-4,7-8,15H2,1-2H3. The van der Waals surface area contributed by atoms with Gasteiger partial charge in [-0.2, -0.15) is 0 Å². The number of hydrogen-bond donors (Lipinski definition) is 2.